The van der Waals surface area contributed by atoms with Crippen molar-refractivity contribution in [2.45, 2.75) is 71.3 Å². The molecule has 0 aromatic carbocycles. The van der Waals surface area contributed by atoms with Gasteiger partial charge in [-0.25, -0.2) is 0 Å². The van der Waals surface area contributed by atoms with E-state index in [4.69, 9.17) is 10.8 Å². The summed E-state index contributed by atoms with van der Waals surface area (Å²) in [6.07, 6.45) is 6.21. The highest BCUT2D eigenvalue weighted by Crippen LogP contribution is 2.18. The molecule has 4 nitrogen and oxygen atoms in total. The molecule has 2 unspecified atom stereocenters. The maximum atomic E-state index is 12.0. The van der Waals surface area contributed by atoms with E-state index >= 15 is 0 Å². The Morgan fingerprint density at radius 2 is 2.00 bits per heavy atom. The van der Waals surface area contributed by atoms with Crippen molar-refractivity contribution >= 4 is 5.91 Å². The van der Waals surface area contributed by atoms with E-state index in [1.165, 1.54) is 0 Å². The van der Waals surface area contributed by atoms with Gasteiger partial charge in [-0.05, 0) is 45.1 Å². The number of aliphatic hydroxyl groups excluding tert-OH is 1. The second-order valence-electron chi connectivity index (χ2n) is 5.71. The van der Waals surface area contributed by atoms with Gasteiger partial charge in [-0.15, -0.1) is 0 Å². The molecule has 0 aromatic heterocycles. The van der Waals surface area contributed by atoms with Crippen molar-refractivity contribution < 1.29 is 9.90 Å². The van der Waals surface area contributed by atoms with Gasteiger partial charge >= 0.3 is 0 Å². The van der Waals surface area contributed by atoms with Crippen LogP contribution in [-0.4, -0.2) is 29.7 Å². The zero-order chi connectivity index (χ0) is 14.7. The Labute approximate surface area is 118 Å². The Hall–Kier alpha value is -0.610. The third-order valence-corrected chi connectivity index (χ3v) is 3.94. The number of amides is 1. The number of rotatable bonds is 11. The summed E-state index contributed by atoms with van der Waals surface area (Å²) in [4.78, 5) is 12.0. The van der Waals surface area contributed by atoms with Crippen LogP contribution in [0.25, 0.3) is 0 Å². The van der Waals surface area contributed by atoms with Gasteiger partial charge in [0.25, 0.3) is 0 Å². The lowest BCUT2D eigenvalue weighted by molar-refractivity contribution is -0.123. The number of aliphatic hydroxyl groups is 1. The number of hydrogen-bond donors (Lipinski definition) is 3. The normalized spacial score (nSPS) is 15.8. The molecule has 1 amide bonds. The molecular formula is C15H32N2O2. The lowest BCUT2D eigenvalue weighted by Crippen LogP contribution is -2.46. The van der Waals surface area contributed by atoms with E-state index in [1.807, 2.05) is 13.8 Å². The monoisotopic (exact) mass is 272 g/mol. The zero-order valence-corrected chi connectivity index (χ0v) is 12.9. The van der Waals surface area contributed by atoms with Gasteiger partial charge in [0.05, 0.1) is 0 Å². The Morgan fingerprint density at radius 1 is 1.32 bits per heavy atom. The van der Waals surface area contributed by atoms with Crippen molar-refractivity contribution in [3.63, 3.8) is 0 Å². The molecule has 0 saturated carbocycles. The summed E-state index contributed by atoms with van der Waals surface area (Å²) in [5.41, 5.74) is 5.32. The molecule has 0 rings (SSSR count). The van der Waals surface area contributed by atoms with E-state index in [-0.39, 0.29) is 18.1 Å². The van der Waals surface area contributed by atoms with Crippen LogP contribution in [0.3, 0.4) is 0 Å². The average Bonchev–Trinajstić information content (AvgIpc) is 2.37. The molecule has 0 heterocycles. The highest BCUT2D eigenvalue weighted by Gasteiger charge is 2.23. The molecule has 0 radical (unpaired) electrons. The van der Waals surface area contributed by atoms with E-state index in [2.05, 4.69) is 12.2 Å². The zero-order valence-electron chi connectivity index (χ0n) is 12.9. The minimum Gasteiger partial charge on any atom is -0.396 e. The molecular weight excluding hydrogens is 240 g/mol. The first kappa shape index (κ1) is 18.4. The van der Waals surface area contributed by atoms with E-state index in [9.17, 15) is 4.79 Å². The number of carbonyl (C=O) groups is 1. The summed E-state index contributed by atoms with van der Waals surface area (Å²) in [5.74, 6) is 0.655. The average molecular weight is 272 g/mol. The van der Waals surface area contributed by atoms with Gasteiger partial charge in [-0.3, -0.25) is 4.79 Å². The minimum absolute atomic E-state index is 0.0934. The molecule has 0 aliphatic carbocycles. The van der Waals surface area contributed by atoms with Crippen molar-refractivity contribution in [3.05, 3.63) is 0 Å². The summed E-state index contributed by atoms with van der Waals surface area (Å²) < 4.78 is 0. The fraction of sp³-hybridized carbons (Fsp3) is 0.933. The van der Waals surface area contributed by atoms with Crippen molar-refractivity contribution in [3.8, 4) is 0 Å². The largest absolute Gasteiger partial charge is 0.396 e. The van der Waals surface area contributed by atoms with Crippen LogP contribution in [0.4, 0.5) is 0 Å². The fourth-order valence-electron chi connectivity index (χ4n) is 2.39. The maximum Gasteiger partial charge on any atom is 0.220 e. The summed E-state index contributed by atoms with van der Waals surface area (Å²) in [7, 11) is 0. The molecule has 0 spiro atoms. The maximum absolute atomic E-state index is 12.0. The summed E-state index contributed by atoms with van der Waals surface area (Å²) in [5, 5.41) is 12.1. The lowest BCUT2D eigenvalue weighted by Gasteiger charge is -2.29. The standard InChI is InChI=1S/C15H32N2O2/c1-4-6-13(9-11-16)7-8-14(19)17-15(3,5-2)10-12-18/h13,18H,4-12,16H2,1-3H3,(H,17,19). The third-order valence-electron chi connectivity index (χ3n) is 3.94. The molecule has 0 aliphatic rings. The molecule has 0 aliphatic heterocycles. The van der Waals surface area contributed by atoms with Gasteiger partial charge in [0, 0.05) is 18.6 Å². The minimum atomic E-state index is -0.278. The van der Waals surface area contributed by atoms with E-state index < -0.39 is 0 Å². The molecule has 0 saturated heterocycles. The van der Waals surface area contributed by atoms with Crippen LogP contribution in [0, 0.1) is 5.92 Å². The second-order valence-corrected chi connectivity index (χ2v) is 5.71. The summed E-state index contributed by atoms with van der Waals surface area (Å²) >= 11 is 0. The Kier molecular flexibility index (Phi) is 9.88. The Bertz CT molecular complexity index is 240. The number of hydrogen-bond acceptors (Lipinski definition) is 3. The number of nitrogens with two attached hydrogens (primary N) is 1. The predicted octanol–water partition coefficient (Wildman–Crippen LogP) is 2.20. The highest BCUT2D eigenvalue weighted by molar-refractivity contribution is 5.76. The Morgan fingerprint density at radius 3 is 2.47 bits per heavy atom. The van der Waals surface area contributed by atoms with Crippen LogP contribution in [0.15, 0.2) is 0 Å². The summed E-state index contributed by atoms with van der Waals surface area (Å²) in [6, 6.07) is 0. The molecule has 4 N–H and O–H groups in total. The Balaban J connectivity index is 4.14. The fourth-order valence-corrected chi connectivity index (χ4v) is 2.39. The molecule has 19 heavy (non-hydrogen) atoms. The SMILES string of the molecule is CCCC(CCN)CCC(=O)NC(C)(CC)CCO. The first-order chi connectivity index (χ1) is 9.01. The second kappa shape index (κ2) is 10.2. The molecule has 0 aromatic rings. The van der Waals surface area contributed by atoms with Crippen LogP contribution < -0.4 is 11.1 Å². The molecule has 114 valence electrons. The van der Waals surface area contributed by atoms with Crippen molar-refractivity contribution in [1.29, 1.82) is 0 Å². The van der Waals surface area contributed by atoms with Crippen molar-refractivity contribution in [1.82, 2.24) is 5.32 Å². The quantitative estimate of drug-likeness (QED) is 0.540. The predicted molar refractivity (Wildman–Crippen MR) is 79.8 cm³/mol. The number of nitrogens with one attached hydrogen (secondary N) is 1. The first-order valence-electron chi connectivity index (χ1n) is 7.63. The third kappa shape index (κ3) is 8.22. The van der Waals surface area contributed by atoms with E-state index in [0.717, 1.165) is 32.1 Å². The first-order valence-corrected chi connectivity index (χ1v) is 7.63. The smallest absolute Gasteiger partial charge is 0.220 e. The van der Waals surface area contributed by atoms with Crippen LogP contribution in [0.5, 0.6) is 0 Å². The van der Waals surface area contributed by atoms with Gasteiger partial charge in [-0.1, -0.05) is 26.7 Å². The molecule has 4 heteroatoms. The molecule has 0 fully saturated rings. The van der Waals surface area contributed by atoms with Crippen LogP contribution in [0.2, 0.25) is 0 Å². The highest BCUT2D eigenvalue weighted by atomic mass is 16.3. The summed E-state index contributed by atoms with van der Waals surface area (Å²) in [6.45, 7) is 6.99. The number of carbonyl (C=O) groups excluding carboxylic acids is 1. The van der Waals surface area contributed by atoms with Crippen molar-refractivity contribution in [2.75, 3.05) is 13.2 Å². The van der Waals surface area contributed by atoms with Gasteiger partial charge in [0.1, 0.15) is 0 Å². The van der Waals surface area contributed by atoms with Gasteiger partial charge in [-0.2, -0.15) is 0 Å². The van der Waals surface area contributed by atoms with E-state index in [0.29, 0.717) is 25.3 Å². The van der Waals surface area contributed by atoms with Crippen molar-refractivity contribution in [2.24, 2.45) is 11.7 Å². The van der Waals surface area contributed by atoms with Gasteiger partial charge < -0.3 is 16.2 Å². The van der Waals surface area contributed by atoms with Crippen LogP contribution in [-0.2, 0) is 4.79 Å². The topological polar surface area (TPSA) is 75.4 Å². The van der Waals surface area contributed by atoms with Crippen LogP contribution in [0.1, 0.15) is 65.7 Å². The molecule has 0 bridgehead atoms. The van der Waals surface area contributed by atoms with E-state index in [1.54, 1.807) is 0 Å². The molecule has 2 atom stereocenters. The van der Waals surface area contributed by atoms with Gasteiger partial charge in [0.15, 0.2) is 0 Å². The van der Waals surface area contributed by atoms with Crippen LogP contribution >= 0.6 is 0 Å². The lowest BCUT2D eigenvalue weighted by atomic mass is 9.92. The van der Waals surface area contributed by atoms with Gasteiger partial charge in [0.2, 0.25) is 5.91 Å².